The van der Waals surface area contributed by atoms with Crippen LogP contribution < -0.4 is 10.4 Å². The highest BCUT2D eigenvalue weighted by atomic mass is 32.2. The molecule has 2 heterocycles. The average molecular weight is 352 g/mol. The number of piperidine rings is 1. The number of aromatic nitrogens is 2. The zero-order valence-electron chi connectivity index (χ0n) is 13.9. The minimum absolute atomic E-state index is 0.0465. The standard InChI is InChI=1S/C16H24N4O3S/c1-17-24(22,23)12-4-9-19-10-7-13(8-11-19)20-15-6-3-2-5-14(15)18-16(20)21/h2-3,5-6,13,17H,4,7-12H2,1H3,(H,18,21). The van der Waals surface area contributed by atoms with Crippen molar-refractivity contribution in [1.82, 2.24) is 19.2 Å². The molecule has 0 unspecified atom stereocenters. The third-order valence-electron chi connectivity index (χ3n) is 4.74. The second-order valence-corrected chi connectivity index (χ2v) is 8.31. The Morgan fingerprint density at radius 3 is 2.67 bits per heavy atom. The summed E-state index contributed by atoms with van der Waals surface area (Å²) in [6.07, 6.45) is 2.43. The fourth-order valence-corrected chi connectivity index (χ4v) is 4.13. The van der Waals surface area contributed by atoms with Gasteiger partial charge in [0.05, 0.1) is 16.8 Å². The second kappa shape index (κ2) is 7.08. The number of hydrogen-bond donors (Lipinski definition) is 2. The van der Waals surface area contributed by atoms with E-state index in [-0.39, 0.29) is 17.5 Å². The quantitative estimate of drug-likeness (QED) is 0.809. The van der Waals surface area contributed by atoms with Crippen molar-refractivity contribution in [2.24, 2.45) is 0 Å². The van der Waals surface area contributed by atoms with E-state index in [1.165, 1.54) is 7.05 Å². The minimum atomic E-state index is -3.12. The van der Waals surface area contributed by atoms with Crippen molar-refractivity contribution in [2.45, 2.75) is 25.3 Å². The molecule has 0 aliphatic carbocycles. The van der Waals surface area contributed by atoms with E-state index in [0.29, 0.717) is 6.42 Å². The number of aromatic amines is 1. The highest BCUT2D eigenvalue weighted by Gasteiger charge is 2.23. The van der Waals surface area contributed by atoms with Crippen LogP contribution >= 0.6 is 0 Å². The fourth-order valence-electron chi connectivity index (χ4n) is 3.42. The van der Waals surface area contributed by atoms with E-state index in [1.54, 1.807) is 0 Å². The zero-order chi connectivity index (χ0) is 17.2. The first-order valence-corrected chi connectivity index (χ1v) is 9.98. The van der Waals surface area contributed by atoms with Gasteiger partial charge in [0.15, 0.2) is 0 Å². The van der Waals surface area contributed by atoms with Crippen LogP contribution in [-0.2, 0) is 10.0 Å². The summed E-state index contributed by atoms with van der Waals surface area (Å²) in [5.41, 5.74) is 1.79. The number of H-pyrrole nitrogens is 1. The third kappa shape index (κ3) is 3.71. The van der Waals surface area contributed by atoms with Crippen LogP contribution in [0.15, 0.2) is 29.1 Å². The number of fused-ring (bicyclic) bond motifs is 1. The molecule has 1 fully saturated rings. The lowest BCUT2D eigenvalue weighted by molar-refractivity contribution is 0.187. The van der Waals surface area contributed by atoms with E-state index in [9.17, 15) is 13.2 Å². The number of sulfonamides is 1. The topological polar surface area (TPSA) is 87.2 Å². The van der Waals surface area contributed by atoms with E-state index < -0.39 is 10.0 Å². The highest BCUT2D eigenvalue weighted by Crippen LogP contribution is 2.24. The maximum Gasteiger partial charge on any atom is 0.326 e. The molecule has 1 aliphatic rings. The molecular weight excluding hydrogens is 328 g/mol. The van der Waals surface area contributed by atoms with E-state index in [4.69, 9.17) is 0 Å². The van der Waals surface area contributed by atoms with Crippen LogP contribution in [0.4, 0.5) is 0 Å². The monoisotopic (exact) mass is 352 g/mol. The van der Waals surface area contributed by atoms with E-state index in [2.05, 4.69) is 14.6 Å². The summed E-state index contributed by atoms with van der Waals surface area (Å²) >= 11 is 0. The number of benzene rings is 1. The molecule has 7 nitrogen and oxygen atoms in total. The molecule has 0 saturated carbocycles. The van der Waals surface area contributed by atoms with Crippen LogP contribution in [0.25, 0.3) is 11.0 Å². The zero-order valence-corrected chi connectivity index (χ0v) is 14.7. The van der Waals surface area contributed by atoms with Gasteiger partial charge in [-0.25, -0.2) is 17.9 Å². The van der Waals surface area contributed by atoms with Crippen molar-refractivity contribution < 1.29 is 8.42 Å². The van der Waals surface area contributed by atoms with Crippen molar-refractivity contribution in [1.29, 1.82) is 0 Å². The molecule has 132 valence electrons. The minimum Gasteiger partial charge on any atom is -0.306 e. The van der Waals surface area contributed by atoms with Crippen LogP contribution in [0.5, 0.6) is 0 Å². The maximum atomic E-state index is 12.3. The van der Waals surface area contributed by atoms with Gasteiger partial charge in [-0.15, -0.1) is 0 Å². The van der Waals surface area contributed by atoms with Gasteiger partial charge < -0.3 is 9.88 Å². The highest BCUT2D eigenvalue weighted by molar-refractivity contribution is 7.89. The molecule has 0 atom stereocenters. The van der Waals surface area contributed by atoms with Crippen LogP contribution in [0.1, 0.15) is 25.3 Å². The second-order valence-electron chi connectivity index (χ2n) is 6.27. The predicted molar refractivity (Wildman–Crippen MR) is 94.7 cm³/mol. The van der Waals surface area contributed by atoms with Crippen molar-refractivity contribution in [3.05, 3.63) is 34.7 Å². The number of para-hydroxylation sites is 2. The van der Waals surface area contributed by atoms with E-state index in [1.807, 2.05) is 28.8 Å². The average Bonchev–Trinajstić information content (AvgIpc) is 2.91. The van der Waals surface area contributed by atoms with Gasteiger partial charge in [-0.3, -0.25) is 4.57 Å². The Bertz CT molecular complexity index is 848. The van der Waals surface area contributed by atoms with Gasteiger partial charge in [-0.1, -0.05) is 12.1 Å². The molecule has 1 aromatic carbocycles. The molecule has 1 aliphatic heterocycles. The Morgan fingerprint density at radius 2 is 1.96 bits per heavy atom. The number of nitrogens with zero attached hydrogens (tertiary/aromatic N) is 2. The van der Waals surface area contributed by atoms with Crippen LogP contribution in [0.2, 0.25) is 0 Å². The summed E-state index contributed by atoms with van der Waals surface area (Å²) in [6, 6.07) is 7.96. The van der Waals surface area contributed by atoms with Gasteiger partial charge in [0.2, 0.25) is 10.0 Å². The largest absolute Gasteiger partial charge is 0.326 e. The molecule has 0 bridgehead atoms. The Balaban J connectivity index is 1.59. The first-order valence-electron chi connectivity index (χ1n) is 8.33. The summed E-state index contributed by atoms with van der Waals surface area (Å²) in [4.78, 5) is 17.4. The smallest absolute Gasteiger partial charge is 0.306 e. The molecule has 2 aromatic rings. The van der Waals surface area contributed by atoms with Crippen LogP contribution in [0.3, 0.4) is 0 Å². The first-order chi connectivity index (χ1) is 11.5. The number of rotatable bonds is 6. The number of hydrogen-bond acceptors (Lipinski definition) is 4. The van der Waals surface area contributed by atoms with Crippen LogP contribution in [-0.4, -0.2) is 55.3 Å². The Morgan fingerprint density at radius 1 is 1.25 bits per heavy atom. The van der Waals surface area contributed by atoms with Crippen molar-refractivity contribution in [2.75, 3.05) is 32.4 Å². The number of likely N-dealkylation sites (tertiary alicyclic amines) is 1. The molecule has 1 saturated heterocycles. The van der Waals surface area contributed by atoms with E-state index in [0.717, 1.165) is 43.5 Å². The lowest BCUT2D eigenvalue weighted by atomic mass is 10.0. The summed E-state index contributed by atoms with van der Waals surface area (Å²) in [7, 11) is -1.68. The van der Waals surface area contributed by atoms with E-state index >= 15 is 0 Å². The lowest BCUT2D eigenvalue weighted by Crippen LogP contribution is -2.38. The molecule has 0 spiro atoms. The predicted octanol–water partition coefficient (Wildman–Crippen LogP) is 0.906. The fraction of sp³-hybridized carbons (Fsp3) is 0.562. The molecule has 0 amide bonds. The third-order valence-corrected chi connectivity index (χ3v) is 6.19. The van der Waals surface area contributed by atoms with Gasteiger partial charge in [0, 0.05) is 19.1 Å². The van der Waals surface area contributed by atoms with Crippen molar-refractivity contribution >= 4 is 21.1 Å². The number of nitrogens with one attached hydrogen (secondary N) is 2. The van der Waals surface area contributed by atoms with Gasteiger partial charge in [-0.2, -0.15) is 0 Å². The van der Waals surface area contributed by atoms with Gasteiger partial charge in [-0.05, 0) is 45.0 Å². The number of imidazole rings is 1. The SMILES string of the molecule is CNS(=O)(=O)CCCN1CCC(n2c(=O)[nH]c3ccccc32)CC1. The Hall–Kier alpha value is -1.64. The summed E-state index contributed by atoms with van der Waals surface area (Å²) in [6.45, 7) is 2.54. The van der Waals surface area contributed by atoms with Crippen LogP contribution in [0, 0.1) is 0 Å². The summed E-state index contributed by atoms with van der Waals surface area (Å²) in [5, 5.41) is 0. The summed E-state index contributed by atoms with van der Waals surface area (Å²) in [5.74, 6) is 0.158. The van der Waals surface area contributed by atoms with Gasteiger partial charge in [0.1, 0.15) is 0 Å². The summed E-state index contributed by atoms with van der Waals surface area (Å²) < 4.78 is 27.1. The van der Waals surface area contributed by atoms with Crippen molar-refractivity contribution in [3.63, 3.8) is 0 Å². The molecule has 24 heavy (non-hydrogen) atoms. The molecule has 2 N–H and O–H groups in total. The Kier molecular flexibility index (Phi) is 5.07. The lowest BCUT2D eigenvalue weighted by Gasteiger charge is -2.32. The molecule has 1 aromatic heterocycles. The molecule has 8 heteroatoms. The van der Waals surface area contributed by atoms with Gasteiger partial charge in [0.25, 0.3) is 0 Å². The maximum absolute atomic E-state index is 12.3. The molecule has 0 radical (unpaired) electrons. The van der Waals surface area contributed by atoms with Gasteiger partial charge >= 0.3 is 5.69 Å². The normalized spacial score (nSPS) is 17.5. The first kappa shape index (κ1) is 17.2. The van der Waals surface area contributed by atoms with Crippen molar-refractivity contribution in [3.8, 4) is 0 Å². The molecule has 3 rings (SSSR count). The molecular formula is C16H24N4O3S. The Labute approximate surface area is 141 Å².